The molecule has 6 heteroatoms. The van der Waals surface area contributed by atoms with E-state index in [-0.39, 0.29) is 17.0 Å². The quantitative estimate of drug-likeness (QED) is 0.827. The Morgan fingerprint density at radius 1 is 1.62 bits per heavy atom. The second kappa shape index (κ2) is 5.05. The van der Waals surface area contributed by atoms with Gasteiger partial charge in [-0.25, -0.2) is 9.89 Å². The Hall–Kier alpha value is -0.750. The van der Waals surface area contributed by atoms with Crippen molar-refractivity contribution in [2.24, 2.45) is 0 Å². The minimum atomic E-state index is -0.258. The second-order valence-corrected chi connectivity index (χ2v) is 5.32. The molecule has 1 aromatic heterocycles. The van der Waals surface area contributed by atoms with Gasteiger partial charge in [0.2, 0.25) is 0 Å². The number of aromatic amines is 1. The summed E-state index contributed by atoms with van der Waals surface area (Å²) in [5, 5.41) is 17.1. The van der Waals surface area contributed by atoms with E-state index >= 15 is 0 Å². The zero-order valence-corrected chi connectivity index (χ0v) is 10.2. The molecule has 2 N–H and O–H groups in total. The number of aliphatic hydroxyl groups is 1. The van der Waals surface area contributed by atoms with Crippen molar-refractivity contribution in [3.05, 3.63) is 10.5 Å². The molecule has 1 heterocycles. The highest BCUT2D eigenvalue weighted by atomic mass is 32.2. The molecule has 1 aliphatic rings. The number of aliphatic hydroxyl groups excluding tert-OH is 1. The van der Waals surface area contributed by atoms with Crippen LogP contribution in [-0.4, -0.2) is 31.2 Å². The van der Waals surface area contributed by atoms with Crippen LogP contribution < -0.4 is 5.69 Å². The third-order valence-electron chi connectivity index (χ3n) is 2.84. The topological polar surface area (TPSA) is 70.9 Å². The van der Waals surface area contributed by atoms with Crippen LogP contribution in [0.1, 0.15) is 32.6 Å². The van der Waals surface area contributed by atoms with E-state index in [9.17, 15) is 9.90 Å². The lowest BCUT2D eigenvalue weighted by molar-refractivity contribution is 0.188. The van der Waals surface area contributed by atoms with E-state index in [4.69, 9.17) is 0 Å². The number of aromatic nitrogens is 3. The van der Waals surface area contributed by atoms with Gasteiger partial charge in [-0.3, -0.25) is 4.57 Å². The summed E-state index contributed by atoms with van der Waals surface area (Å²) in [5.74, 6) is 0. The van der Waals surface area contributed by atoms with Gasteiger partial charge in [0, 0.05) is 11.8 Å². The SMILES string of the molecule is CCCn1c(SC2CCCC2O)n[nH]c1=O. The van der Waals surface area contributed by atoms with Crippen LogP contribution in [0.2, 0.25) is 0 Å². The molecule has 1 fully saturated rings. The molecule has 1 aromatic rings. The van der Waals surface area contributed by atoms with Crippen LogP contribution in [0.4, 0.5) is 0 Å². The maximum atomic E-state index is 11.5. The van der Waals surface area contributed by atoms with Gasteiger partial charge in [-0.15, -0.1) is 5.10 Å². The smallest absolute Gasteiger partial charge is 0.343 e. The van der Waals surface area contributed by atoms with E-state index in [0.717, 1.165) is 25.7 Å². The van der Waals surface area contributed by atoms with Gasteiger partial charge in [-0.05, 0) is 25.7 Å². The highest BCUT2D eigenvalue weighted by Crippen LogP contribution is 2.33. The summed E-state index contributed by atoms with van der Waals surface area (Å²) in [6.07, 6.45) is 3.56. The summed E-state index contributed by atoms with van der Waals surface area (Å²) in [4.78, 5) is 11.5. The molecule has 0 radical (unpaired) electrons. The normalized spacial score (nSPS) is 25.1. The van der Waals surface area contributed by atoms with Gasteiger partial charge >= 0.3 is 5.69 Å². The van der Waals surface area contributed by atoms with Crippen LogP contribution in [0, 0.1) is 0 Å². The summed E-state index contributed by atoms with van der Waals surface area (Å²) < 4.78 is 1.65. The van der Waals surface area contributed by atoms with Crippen LogP contribution in [0.3, 0.4) is 0 Å². The maximum absolute atomic E-state index is 11.5. The Balaban J connectivity index is 2.11. The molecule has 90 valence electrons. The third kappa shape index (κ3) is 2.32. The van der Waals surface area contributed by atoms with E-state index in [1.54, 1.807) is 4.57 Å². The van der Waals surface area contributed by atoms with E-state index in [0.29, 0.717) is 11.7 Å². The monoisotopic (exact) mass is 243 g/mol. The molecule has 0 saturated heterocycles. The molecule has 0 amide bonds. The highest BCUT2D eigenvalue weighted by Gasteiger charge is 2.27. The lowest BCUT2D eigenvalue weighted by Gasteiger charge is -2.13. The third-order valence-corrected chi connectivity index (χ3v) is 4.22. The van der Waals surface area contributed by atoms with Gasteiger partial charge in [0.15, 0.2) is 5.16 Å². The number of hydrogen-bond donors (Lipinski definition) is 2. The van der Waals surface area contributed by atoms with Crippen LogP contribution >= 0.6 is 11.8 Å². The summed E-state index contributed by atoms with van der Waals surface area (Å²) >= 11 is 1.52. The number of rotatable bonds is 4. The lowest BCUT2D eigenvalue weighted by atomic mass is 10.3. The van der Waals surface area contributed by atoms with E-state index in [1.165, 1.54) is 11.8 Å². The van der Waals surface area contributed by atoms with Crippen molar-refractivity contribution in [2.75, 3.05) is 0 Å². The van der Waals surface area contributed by atoms with E-state index in [2.05, 4.69) is 10.2 Å². The summed E-state index contributed by atoms with van der Waals surface area (Å²) in [6.45, 7) is 2.71. The van der Waals surface area contributed by atoms with Gasteiger partial charge in [0.25, 0.3) is 0 Å². The van der Waals surface area contributed by atoms with Gasteiger partial charge in [0.1, 0.15) is 0 Å². The fraction of sp³-hybridized carbons (Fsp3) is 0.800. The van der Waals surface area contributed by atoms with Crippen molar-refractivity contribution in [2.45, 2.75) is 55.7 Å². The molecule has 16 heavy (non-hydrogen) atoms. The standard InChI is InChI=1S/C10H17N3O2S/c1-2-6-13-9(15)11-12-10(13)16-8-5-3-4-7(8)14/h7-8,14H,2-6H2,1H3,(H,11,15). The Morgan fingerprint density at radius 3 is 3.06 bits per heavy atom. The predicted octanol–water partition coefficient (Wildman–Crippen LogP) is 0.987. The van der Waals surface area contributed by atoms with Crippen molar-refractivity contribution in [3.63, 3.8) is 0 Å². The zero-order chi connectivity index (χ0) is 11.5. The number of hydrogen-bond acceptors (Lipinski definition) is 4. The molecule has 2 rings (SSSR count). The molecule has 0 bridgehead atoms. The first-order valence-electron chi connectivity index (χ1n) is 5.72. The molecule has 1 saturated carbocycles. The molecule has 2 unspecified atom stereocenters. The zero-order valence-electron chi connectivity index (χ0n) is 9.35. The first kappa shape index (κ1) is 11.7. The van der Waals surface area contributed by atoms with Crippen LogP contribution in [-0.2, 0) is 6.54 Å². The number of nitrogens with one attached hydrogen (secondary N) is 1. The molecule has 2 atom stereocenters. The molecule has 5 nitrogen and oxygen atoms in total. The molecule has 0 aliphatic heterocycles. The maximum Gasteiger partial charge on any atom is 0.343 e. The number of H-pyrrole nitrogens is 1. The van der Waals surface area contributed by atoms with Gasteiger partial charge in [-0.2, -0.15) is 0 Å². The molecule has 0 aromatic carbocycles. The van der Waals surface area contributed by atoms with Crippen molar-refractivity contribution in [1.29, 1.82) is 0 Å². The van der Waals surface area contributed by atoms with Gasteiger partial charge in [0.05, 0.1) is 6.10 Å². The average Bonchev–Trinajstić information content (AvgIpc) is 2.80. The lowest BCUT2D eigenvalue weighted by Crippen LogP contribution is -2.20. The first-order valence-corrected chi connectivity index (χ1v) is 6.60. The molecular formula is C10H17N3O2S. The summed E-state index contributed by atoms with van der Waals surface area (Å²) in [5.41, 5.74) is -0.156. The van der Waals surface area contributed by atoms with Crippen LogP contribution in [0.25, 0.3) is 0 Å². The van der Waals surface area contributed by atoms with Crippen LogP contribution in [0.15, 0.2) is 9.95 Å². The van der Waals surface area contributed by atoms with E-state index < -0.39 is 0 Å². The first-order chi connectivity index (χ1) is 7.72. The minimum Gasteiger partial charge on any atom is -0.392 e. The van der Waals surface area contributed by atoms with Crippen molar-refractivity contribution >= 4 is 11.8 Å². The molecule has 1 aliphatic carbocycles. The Morgan fingerprint density at radius 2 is 2.44 bits per heavy atom. The highest BCUT2D eigenvalue weighted by molar-refractivity contribution is 7.99. The minimum absolute atomic E-state index is 0.156. The van der Waals surface area contributed by atoms with Crippen molar-refractivity contribution < 1.29 is 5.11 Å². The van der Waals surface area contributed by atoms with Gasteiger partial charge in [-0.1, -0.05) is 18.7 Å². The fourth-order valence-electron chi connectivity index (χ4n) is 1.99. The molecule has 0 spiro atoms. The Labute approximate surface area is 98.3 Å². The van der Waals surface area contributed by atoms with Crippen molar-refractivity contribution in [1.82, 2.24) is 14.8 Å². The van der Waals surface area contributed by atoms with Crippen LogP contribution in [0.5, 0.6) is 0 Å². The van der Waals surface area contributed by atoms with E-state index in [1.807, 2.05) is 6.92 Å². The van der Waals surface area contributed by atoms with Crippen molar-refractivity contribution in [3.8, 4) is 0 Å². The molecular weight excluding hydrogens is 226 g/mol. The number of nitrogens with zero attached hydrogens (tertiary/aromatic N) is 2. The summed E-state index contributed by atoms with van der Waals surface area (Å²) in [6, 6.07) is 0. The average molecular weight is 243 g/mol. The predicted molar refractivity (Wildman–Crippen MR) is 62.6 cm³/mol. The summed E-state index contributed by atoms with van der Waals surface area (Å²) in [7, 11) is 0. The largest absolute Gasteiger partial charge is 0.392 e. The Bertz CT molecular complexity index is 401. The number of thioether (sulfide) groups is 1. The van der Waals surface area contributed by atoms with Gasteiger partial charge < -0.3 is 5.11 Å². The Kier molecular flexibility index (Phi) is 3.70. The fourth-order valence-corrected chi connectivity index (χ4v) is 3.24. The second-order valence-electron chi connectivity index (χ2n) is 4.12.